The summed E-state index contributed by atoms with van der Waals surface area (Å²) in [6.45, 7) is 4.33. The van der Waals surface area contributed by atoms with Crippen molar-refractivity contribution in [3.8, 4) is 0 Å². The highest BCUT2D eigenvalue weighted by Gasteiger charge is 2.40. The maximum absolute atomic E-state index is 12.9. The van der Waals surface area contributed by atoms with E-state index in [9.17, 15) is 4.79 Å². The Morgan fingerprint density at radius 3 is 2.72 bits per heavy atom. The molecule has 4 rings (SSSR count). The fraction of sp³-hybridized carbons (Fsp3) is 0.700. The van der Waals surface area contributed by atoms with Crippen molar-refractivity contribution in [1.82, 2.24) is 10.3 Å². The van der Waals surface area contributed by atoms with Gasteiger partial charge in [-0.3, -0.25) is 4.79 Å². The standard InChI is InChI=1S/C20H30N4O/c1-13-6-8-24(12-13)18-11-16(5-7-22-18)20(25)23-19-14-3-2-4-15(19)10-17(21)9-14/h5,7,11,13-15,17,19H,2-4,6,8-10,12,21H2,1H3,(H,23,25). The number of hydrogen-bond acceptors (Lipinski definition) is 4. The van der Waals surface area contributed by atoms with E-state index in [1.165, 1.54) is 25.7 Å². The zero-order valence-corrected chi connectivity index (χ0v) is 15.2. The first-order valence-electron chi connectivity index (χ1n) is 9.87. The van der Waals surface area contributed by atoms with E-state index in [4.69, 9.17) is 5.73 Å². The Balaban J connectivity index is 1.46. The van der Waals surface area contributed by atoms with Crippen LogP contribution in [-0.4, -0.2) is 36.1 Å². The van der Waals surface area contributed by atoms with E-state index in [0.29, 0.717) is 29.8 Å². The van der Waals surface area contributed by atoms with E-state index in [-0.39, 0.29) is 5.91 Å². The van der Waals surface area contributed by atoms with Crippen molar-refractivity contribution in [2.24, 2.45) is 23.5 Å². The molecule has 0 spiro atoms. The molecule has 0 aromatic carbocycles. The largest absolute Gasteiger partial charge is 0.356 e. The van der Waals surface area contributed by atoms with Crippen LogP contribution in [0.4, 0.5) is 5.82 Å². The van der Waals surface area contributed by atoms with Gasteiger partial charge in [0.05, 0.1) is 0 Å². The van der Waals surface area contributed by atoms with Crippen LogP contribution < -0.4 is 16.0 Å². The highest BCUT2D eigenvalue weighted by molar-refractivity contribution is 5.95. The fourth-order valence-corrected chi connectivity index (χ4v) is 5.14. The van der Waals surface area contributed by atoms with Crippen molar-refractivity contribution in [3.63, 3.8) is 0 Å². The normalized spacial score (nSPS) is 34.8. The van der Waals surface area contributed by atoms with E-state index < -0.39 is 0 Å². The fourth-order valence-electron chi connectivity index (χ4n) is 5.14. The van der Waals surface area contributed by atoms with Gasteiger partial charge in [-0.15, -0.1) is 0 Å². The number of amides is 1. The smallest absolute Gasteiger partial charge is 0.251 e. The molecular formula is C20H30N4O. The highest BCUT2D eigenvalue weighted by Crippen LogP contribution is 2.39. The first kappa shape index (κ1) is 16.8. The molecule has 5 nitrogen and oxygen atoms in total. The summed E-state index contributed by atoms with van der Waals surface area (Å²) in [5.41, 5.74) is 6.94. The molecule has 2 heterocycles. The highest BCUT2D eigenvalue weighted by atomic mass is 16.1. The van der Waals surface area contributed by atoms with Crippen LogP contribution in [0, 0.1) is 17.8 Å². The number of hydrogen-bond donors (Lipinski definition) is 2. The van der Waals surface area contributed by atoms with Crippen molar-refractivity contribution >= 4 is 11.7 Å². The minimum Gasteiger partial charge on any atom is -0.356 e. The average molecular weight is 342 g/mol. The van der Waals surface area contributed by atoms with E-state index >= 15 is 0 Å². The Hall–Kier alpha value is -1.62. The number of fused-ring (bicyclic) bond motifs is 2. The zero-order chi connectivity index (χ0) is 17.4. The third kappa shape index (κ3) is 3.52. The van der Waals surface area contributed by atoms with Gasteiger partial charge in [0, 0.05) is 36.9 Å². The zero-order valence-electron chi connectivity index (χ0n) is 15.2. The van der Waals surface area contributed by atoms with Crippen molar-refractivity contribution < 1.29 is 4.79 Å². The number of aromatic nitrogens is 1. The van der Waals surface area contributed by atoms with E-state index in [2.05, 4.69) is 22.1 Å². The minimum atomic E-state index is 0.0493. The summed E-state index contributed by atoms with van der Waals surface area (Å²) in [5, 5.41) is 3.34. The number of nitrogens with two attached hydrogens (primary N) is 1. The van der Waals surface area contributed by atoms with Crippen molar-refractivity contribution in [1.29, 1.82) is 0 Å². The van der Waals surface area contributed by atoms with Gasteiger partial charge in [-0.2, -0.15) is 0 Å². The number of pyridine rings is 1. The molecule has 0 radical (unpaired) electrons. The van der Waals surface area contributed by atoms with Crippen LogP contribution in [0.1, 0.15) is 55.8 Å². The molecule has 2 aliphatic carbocycles. The van der Waals surface area contributed by atoms with Crippen LogP contribution in [-0.2, 0) is 0 Å². The van der Waals surface area contributed by atoms with Gasteiger partial charge in [0.1, 0.15) is 5.82 Å². The summed E-state index contributed by atoms with van der Waals surface area (Å²) in [4.78, 5) is 19.6. The lowest BCUT2D eigenvalue weighted by Gasteiger charge is -2.45. The maximum atomic E-state index is 12.9. The Kier molecular flexibility index (Phi) is 4.67. The molecule has 2 saturated carbocycles. The molecule has 1 aliphatic heterocycles. The van der Waals surface area contributed by atoms with Crippen LogP contribution in [0.2, 0.25) is 0 Å². The van der Waals surface area contributed by atoms with E-state index in [0.717, 1.165) is 37.3 Å². The Morgan fingerprint density at radius 2 is 2.04 bits per heavy atom. The van der Waals surface area contributed by atoms with Gasteiger partial charge in [0.25, 0.3) is 5.91 Å². The van der Waals surface area contributed by atoms with E-state index in [1.807, 2.05) is 12.1 Å². The number of carbonyl (C=O) groups is 1. The van der Waals surface area contributed by atoms with Gasteiger partial charge < -0.3 is 16.0 Å². The molecule has 3 aliphatic rings. The van der Waals surface area contributed by atoms with E-state index in [1.54, 1.807) is 6.20 Å². The summed E-state index contributed by atoms with van der Waals surface area (Å²) < 4.78 is 0. The molecule has 2 bridgehead atoms. The molecule has 25 heavy (non-hydrogen) atoms. The monoisotopic (exact) mass is 342 g/mol. The summed E-state index contributed by atoms with van der Waals surface area (Å²) in [5.74, 6) is 2.78. The van der Waals surface area contributed by atoms with Crippen LogP contribution in [0.15, 0.2) is 18.3 Å². The van der Waals surface area contributed by atoms with Gasteiger partial charge in [-0.05, 0) is 62.0 Å². The second-order valence-electron chi connectivity index (χ2n) is 8.42. The number of nitrogens with one attached hydrogen (secondary N) is 1. The summed E-state index contributed by atoms with van der Waals surface area (Å²) in [6, 6.07) is 4.40. The van der Waals surface area contributed by atoms with Crippen molar-refractivity contribution in [2.75, 3.05) is 18.0 Å². The number of rotatable bonds is 3. The minimum absolute atomic E-state index is 0.0493. The molecule has 3 atom stereocenters. The lowest BCUT2D eigenvalue weighted by molar-refractivity contribution is 0.0756. The SMILES string of the molecule is CC1CCN(c2cc(C(=O)NC3C4CCCC3CC(N)C4)ccn2)C1. The second kappa shape index (κ2) is 6.94. The van der Waals surface area contributed by atoms with Crippen molar-refractivity contribution in [2.45, 2.75) is 57.5 Å². The molecule has 136 valence electrons. The number of anilines is 1. The summed E-state index contributed by atoms with van der Waals surface area (Å²) in [7, 11) is 0. The predicted molar refractivity (Wildman–Crippen MR) is 99.5 cm³/mol. The molecule has 1 aromatic heterocycles. The lowest BCUT2D eigenvalue weighted by atomic mass is 9.67. The summed E-state index contributed by atoms with van der Waals surface area (Å²) >= 11 is 0. The molecule has 1 amide bonds. The Morgan fingerprint density at radius 1 is 1.28 bits per heavy atom. The molecule has 1 aromatic rings. The van der Waals surface area contributed by atoms with Gasteiger partial charge in [-0.1, -0.05) is 13.3 Å². The molecular weight excluding hydrogens is 312 g/mol. The van der Waals surface area contributed by atoms with Gasteiger partial charge in [0.2, 0.25) is 0 Å². The Labute approximate surface area is 150 Å². The average Bonchev–Trinajstić information content (AvgIpc) is 3.02. The molecule has 5 heteroatoms. The third-order valence-electron chi connectivity index (χ3n) is 6.43. The molecule has 1 saturated heterocycles. The lowest BCUT2D eigenvalue weighted by Crippen LogP contribution is -2.53. The van der Waals surface area contributed by atoms with Gasteiger partial charge >= 0.3 is 0 Å². The van der Waals surface area contributed by atoms with Crippen LogP contribution >= 0.6 is 0 Å². The van der Waals surface area contributed by atoms with Crippen LogP contribution in [0.5, 0.6) is 0 Å². The molecule has 3 N–H and O–H groups in total. The predicted octanol–water partition coefficient (Wildman–Crippen LogP) is 2.56. The van der Waals surface area contributed by atoms with Gasteiger partial charge in [0.15, 0.2) is 0 Å². The number of nitrogens with zero attached hydrogens (tertiary/aromatic N) is 2. The topological polar surface area (TPSA) is 71.2 Å². The quantitative estimate of drug-likeness (QED) is 0.886. The first-order valence-corrected chi connectivity index (χ1v) is 9.87. The number of carbonyl (C=O) groups excluding carboxylic acids is 1. The van der Waals surface area contributed by atoms with Crippen LogP contribution in [0.25, 0.3) is 0 Å². The first-order chi connectivity index (χ1) is 12.1. The van der Waals surface area contributed by atoms with Crippen LogP contribution in [0.3, 0.4) is 0 Å². The second-order valence-corrected chi connectivity index (χ2v) is 8.42. The summed E-state index contributed by atoms with van der Waals surface area (Å²) in [6.07, 6.45) is 8.74. The Bertz CT molecular complexity index is 620. The van der Waals surface area contributed by atoms with Crippen molar-refractivity contribution in [3.05, 3.63) is 23.9 Å². The molecule has 3 fully saturated rings. The van der Waals surface area contributed by atoms with Gasteiger partial charge in [-0.25, -0.2) is 4.98 Å². The third-order valence-corrected chi connectivity index (χ3v) is 6.43. The molecule has 3 unspecified atom stereocenters. The maximum Gasteiger partial charge on any atom is 0.251 e.